The molecule has 0 heterocycles. The van der Waals surface area contributed by atoms with Crippen LogP contribution in [0.1, 0.15) is 6.92 Å². The van der Waals surface area contributed by atoms with Crippen molar-refractivity contribution < 1.29 is 4.39 Å². The molecule has 0 aliphatic heterocycles. The molecule has 0 saturated heterocycles. The summed E-state index contributed by atoms with van der Waals surface area (Å²) in [5.41, 5.74) is 0.731. The minimum Gasteiger partial charge on any atom is -0.374 e. The highest BCUT2D eigenvalue weighted by Crippen LogP contribution is 2.18. The van der Waals surface area contributed by atoms with E-state index in [-0.39, 0.29) is 5.82 Å². The molecule has 0 aromatic heterocycles. The number of halogens is 2. The van der Waals surface area contributed by atoms with Crippen molar-refractivity contribution in [3.8, 4) is 11.8 Å². The van der Waals surface area contributed by atoms with Crippen molar-refractivity contribution in [3.63, 3.8) is 0 Å². The minimum absolute atomic E-state index is 0.263. The first-order valence-electron chi connectivity index (χ1n) is 3.82. The van der Waals surface area contributed by atoms with Gasteiger partial charge in [0.2, 0.25) is 0 Å². The minimum atomic E-state index is -0.263. The lowest BCUT2D eigenvalue weighted by atomic mass is 10.3. The zero-order chi connectivity index (χ0) is 9.68. The van der Waals surface area contributed by atoms with Crippen molar-refractivity contribution in [2.24, 2.45) is 0 Å². The van der Waals surface area contributed by atoms with E-state index in [9.17, 15) is 4.39 Å². The van der Waals surface area contributed by atoms with Crippen LogP contribution in [0.4, 0.5) is 10.1 Å². The number of nitrogens with one attached hydrogen (secondary N) is 1. The summed E-state index contributed by atoms with van der Waals surface area (Å²) < 4.78 is 13.6. The predicted octanol–water partition coefficient (Wildman–Crippen LogP) is 3.02. The van der Waals surface area contributed by atoms with Gasteiger partial charge in [-0.2, -0.15) is 0 Å². The maximum atomic E-state index is 12.8. The van der Waals surface area contributed by atoms with Crippen LogP contribution in [0.2, 0.25) is 0 Å². The van der Waals surface area contributed by atoms with Crippen molar-refractivity contribution in [3.05, 3.63) is 28.5 Å². The van der Waals surface area contributed by atoms with Gasteiger partial charge in [-0.05, 0) is 25.1 Å². The van der Waals surface area contributed by atoms with Crippen LogP contribution in [-0.2, 0) is 0 Å². The van der Waals surface area contributed by atoms with Crippen LogP contribution < -0.4 is 5.32 Å². The third-order valence-electron chi connectivity index (χ3n) is 1.42. The summed E-state index contributed by atoms with van der Waals surface area (Å²) in [5.74, 6) is 5.32. The fourth-order valence-electron chi connectivity index (χ4n) is 0.891. The maximum Gasteiger partial charge on any atom is 0.126 e. The monoisotopic (exact) mass is 241 g/mol. The van der Waals surface area contributed by atoms with Gasteiger partial charge in [-0.3, -0.25) is 0 Å². The van der Waals surface area contributed by atoms with Gasteiger partial charge in [0, 0.05) is 10.2 Å². The zero-order valence-electron chi connectivity index (χ0n) is 7.20. The molecule has 68 valence electrons. The molecule has 0 spiro atoms. The molecule has 0 bridgehead atoms. The van der Waals surface area contributed by atoms with E-state index in [0.29, 0.717) is 6.54 Å². The van der Waals surface area contributed by atoms with E-state index in [1.165, 1.54) is 12.1 Å². The highest BCUT2D eigenvalue weighted by Gasteiger charge is 1.96. The fraction of sp³-hybridized carbons (Fsp3) is 0.200. The van der Waals surface area contributed by atoms with E-state index in [1.54, 1.807) is 13.0 Å². The largest absolute Gasteiger partial charge is 0.374 e. The average molecular weight is 242 g/mol. The van der Waals surface area contributed by atoms with Gasteiger partial charge in [-0.15, -0.1) is 5.92 Å². The van der Waals surface area contributed by atoms with Crippen LogP contribution in [0.5, 0.6) is 0 Å². The lowest BCUT2D eigenvalue weighted by Gasteiger charge is -2.02. The molecule has 1 N–H and O–H groups in total. The van der Waals surface area contributed by atoms with Crippen LogP contribution in [-0.4, -0.2) is 6.54 Å². The SMILES string of the molecule is CC#CCNc1cc(F)cc(Br)c1. The molecular weight excluding hydrogens is 233 g/mol. The second kappa shape index (κ2) is 4.88. The van der Waals surface area contributed by atoms with Crippen LogP contribution in [0.3, 0.4) is 0 Å². The van der Waals surface area contributed by atoms with E-state index in [4.69, 9.17) is 0 Å². The Labute approximate surface area is 85.5 Å². The molecule has 1 aromatic rings. The molecule has 3 heteroatoms. The molecule has 13 heavy (non-hydrogen) atoms. The summed E-state index contributed by atoms with van der Waals surface area (Å²) in [6.07, 6.45) is 0. The van der Waals surface area contributed by atoms with E-state index in [0.717, 1.165) is 10.2 Å². The van der Waals surface area contributed by atoms with Gasteiger partial charge in [-0.1, -0.05) is 21.9 Å². The van der Waals surface area contributed by atoms with E-state index >= 15 is 0 Å². The van der Waals surface area contributed by atoms with Gasteiger partial charge < -0.3 is 5.32 Å². The Bertz CT molecular complexity index is 331. The van der Waals surface area contributed by atoms with Gasteiger partial charge in [-0.25, -0.2) is 4.39 Å². The van der Waals surface area contributed by atoms with Crippen LogP contribution in [0.25, 0.3) is 0 Å². The predicted molar refractivity (Wildman–Crippen MR) is 56.0 cm³/mol. The van der Waals surface area contributed by atoms with Gasteiger partial charge in [0.05, 0.1) is 6.54 Å². The zero-order valence-corrected chi connectivity index (χ0v) is 8.78. The molecule has 0 aliphatic carbocycles. The Hall–Kier alpha value is -1.01. The van der Waals surface area contributed by atoms with Crippen molar-refractivity contribution >= 4 is 21.6 Å². The summed E-state index contributed by atoms with van der Waals surface area (Å²) in [5, 5.41) is 2.98. The molecular formula is C10H9BrFN. The number of hydrogen-bond donors (Lipinski definition) is 1. The molecule has 1 nitrogen and oxygen atoms in total. The number of hydrogen-bond acceptors (Lipinski definition) is 1. The molecule has 0 fully saturated rings. The van der Waals surface area contributed by atoms with Crippen molar-refractivity contribution in [2.75, 3.05) is 11.9 Å². The van der Waals surface area contributed by atoms with Gasteiger partial charge >= 0.3 is 0 Å². The molecule has 0 unspecified atom stereocenters. The first-order chi connectivity index (χ1) is 6.22. The Balaban J connectivity index is 2.69. The average Bonchev–Trinajstić information content (AvgIpc) is 2.03. The lowest BCUT2D eigenvalue weighted by Crippen LogP contribution is -1.98. The summed E-state index contributed by atoms with van der Waals surface area (Å²) >= 11 is 3.21. The summed E-state index contributed by atoms with van der Waals surface area (Å²) in [6.45, 7) is 2.30. The molecule has 0 radical (unpaired) electrons. The third kappa shape index (κ3) is 3.47. The van der Waals surface area contributed by atoms with Crippen molar-refractivity contribution in [1.29, 1.82) is 0 Å². The topological polar surface area (TPSA) is 12.0 Å². The molecule has 1 rings (SSSR count). The van der Waals surface area contributed by atoms with E-state index < -0.39 is 0 Å². The number of benzene rings is 1. The standard InChI is InChI=1S/C10H9BrFN/c1-2-3-4-13-10-6-8(11)5-9(12)7-10/h5-7,13H,4H2,1H3. The molecule has 0 aliphatic rings. The molecule has 0 atom stereocenters. The molecule has 0 saturated carbocycles. The fourth-order valence-corrected chi connectivity index (χ4v) is 1.36. The summed E-state index contributed by atoms with van der Waals surface area (Å²) in [7, 11) is 0. The quantitative estimate of drug-likeness (QED) is 0.786. The van der Waals surface area contributed by atoms with Gasteiger partial charge in [0.25, 0.3) is 0 Å². The Morgan fingerprint density at radius 2 is 2.23 bits per heavy atom. The molecule has 1 aromatic carbocycles. The lowest BCUT2D eigenvalue weighted by molar-refractivity contribution is 0.627. The van der Waals surface area contributed by atoms with Gasteiger partial charge in [0.1, 0.15) is 5.82 Å². The highest BCUT2D eigenvalue weighted by molar-refractivity contribution is 9.10. The van der Waals surface area contributed by atoms with Gasteiger partial charge in [0.15, 0.2) is 0 Å². The smallest absolute Gasteiger partial charge is 0.126 e. The second-order valence-corrected chi connectivity index (χ2v) is 3.35. The highest BCUT2D eigenvalue weighted by atomic mass is 79.9. The van der Waals surface area contributed by atoms with Crippen LogP contribution in [0.15, 0.2) is 22.7 Å². The summed E-state index contributed by atoms with van der Waals surface area (Å²) in [4.78, 5) is 0. The normalized spacial score (nSPS) is 8.85. The molecule has 0 amide bonds. The van der Waals surface area contributed by atoms with Crippen molar-refractivity contribution in [1.82, 2.24) is 0 Å². The first-order valence-corrected chi connectivity index (χ1v) is 4.61. The second-order valence-electron chi connectivity index (χ2n) is 2.44. The van der Waals surface area contributed by atoms with Crippen molar-refractivity contribution in [2.45, 2.75) is 6.92 Å². The Morgan fingerprint density at radius 1 is 1.46 bits per heavy atom. The Kier molecular flexibility index (Phi) is 3.78. The number of anilines is 1. The third-order valence-corrected chi connectivity index (χ3v) is 1.88. The number of rotatable bonds is 2. The van der Waals surface area contributed by atoms with Crippen LogP contribution in [0, 0.1) is 17.7 Å². The first kappa shape index (κ1) is 10.1. The summed E-state index contributed by atoms with van der Waals surface area (Å²) in [6, 6.07) is 4.65. The van der Waals surface area contributed by atoms with Crippen LogP contribution >= 0.6 is 15.9 Å². The maximum absolute atomic E-state index is 12.8. The Morgan fingerprint density at radius 3 is 2.85 bits per heavy atom. The van der Waals surface area contributed by atoms with E-state index in [1.807, 2.05) is 0 Å². The van der Waals surface area contributed by atoms with E-state index in [2.05, 4.69) is 33.1 Å².